The molecule has 6 heteroatoms. The van der Waals surface area contributed by atoms with Crippen molar-refractivity contribution in [3.05, 3.63) is 53.7 Å². The number of aliphatic hydroxyl groups is 1. The van der Waals surface area contributed by atoms with Gasteiger partial charge in [-0.05, 0) is 43.2 Å². The topological polar surface area (TPSA) is 74.2 Å². The van der Waals surface area contributed by atoms with E-state index in [9.17, 15) is 9.90 Å². The Balaban J connectivity index is 1.32. The molecule has 1 amide bonds. The number of imidazole rings is 1. The highest BCUT2D eigenvalue weighted by molar-refractivity contribution is 5.86. The van der Waals surface area contributed by atoms with Crippen LogP contribution in [0, 0.1) is 12.8 Å². The minimum atomic E-state index is -0.563. The molecule has 1 aliphatic rings. The van der Waals surface area contributed by atoms with Crippen molar-refractivity contribution < 1.29 is 9.90 Å². The lowest BCUT2D eigenvalue weighted by atomic mass is 9.90. The Bertz CT molecular complexity index is 966. The quantitative estimate of drug-likeness (QED) is 0.714. The number of rotatable bonds is 5. The zero-order valence-electron chi connectivity index (χ0n) is 16.6. The van der Waals surface area contributed by atoms with Crippen molar-refractivity contribution >= 4 is 16.8 Å². The van der Waals surface area contributed by atoms with Crippen molar-refractivity contribution in [3.63, 3.8) is 0 Å². The predicted octanol–water partition coefficient (Wildman–Crippen LogP) is 3.11. The highest BCUT2D eigenvalue weighted by atomic mass is 16.3. The molecule has 3 heterocycles. The van der Waals surface area contributed by atoms with Crippen LogP contribution >= 0.6 is 0 Å². The molecule has 2 N–H and O–H groups in total. The van der Waals surface area contributed by atoms with Crippen molar-refractivity contribution in [2.24, 2.45) is 13.0 Å². The molecule has 0 unspecified atom stereocenters. The lowest BCUT2D eigenvalue weighted by molar-refractivity contribution is -0.133. The maximum atomic E-state index is 12.7. The number of nitrogens with one attached hydrogen (secondary N) is 1. The number of H-pyrrole nitrogens is 1. The summed E-state index contributed by atoms with van der Waals surface area (Å²) in [4.78, 5) is 22.2. The number of aryl methyl sites for hydroxylation is 3. The lowest BCUT2D eigenvalue weighted by Gasteiger charge is -2.34. The Morgan fingerprint density at radius 3 is 2.86 bits per heavy atom. The summed E-state index contributed by atoms with van der Waals surface area (Å²) in [6.45, 7) is 3.51. The van der Waals surface area contributed by atoms with Crippen LogP contribution in [0.2, 0.25) is 0 Å². The van der Waals surface area contributed by atoms with Crippen LogP contribution in [0.25, 0.3) is 10.9 Å². The second kappa shape index (κ2) is 7.80. The van der Waals surface area contributed by atoms with Gasteiger partial charge in [0, 0.05) is 56.1 Å². The van der Waals surface area contributed by atoms with Gasteiger partial charge >= 0.3 is 0 Å². The number of amides is 1. The molecule has 148 valence electrons. The number of carbonyl (C=O) groups is 1. The van der Waals surface area contributed by atoms with E-state index < -0.39 is 6.10 Å². The molecule has 1 atom stereocenters. The number of piperidine rings is 1. The van der Waals surface area contributed by atoms with E-state index in [0.29, 0.717) is 25.3 Å². The molecule has 0 spiro atoms. The van der Waals surface area contributed by atoms with E-state index in [1.807, 2.05) is 28.9 Å². The van der Waals surface area contributed by atoms with E-state index >= 15 is 0 Å². The van der Waals surface area contributed by atoms with Crippen molar-refractivity contribution in [1.29, 1.82) is 0 Å². The number of aromatic amines is 1. The summed E-state index contributed by atoms with van der Waals surface area (Å²) < 4.78 is 1.87. The number of aromatic nitrogens is 3. The van der Waals surface area contributed by atoms with Gasteiger partial charge < -0.3 is 19.6 Å². The van der Waals surface area contributed by atoms with E-state index in [0.717, 1.165) is 24.8 Å². The molecule has 4 rings (SSSR count). The molecule has 0 aliphatic carbocycles. The van der Waals surface area contributed by atoms with Crippen molar-refractivity contribution in [3.8, 4) is 0 Å². The van der Waals surface area contributed by atoms with E-state index in [1.165, 1.54) is 16.5 Å². The van der Waals surface area contributed by atoms with Gasteiger partial charge in [0.2, 0.25) is 5.91 Å². The third-order valence-electron chi connectivity index (χ3n) is 6.08. The number of hydrogen-bond acceptors (Lipinski definition) is 3. The maximum Gasteiger partial charge on any atom is 0.222 e. The number of aliphatic hydroxyl groups excluding tert-OH is 1. The monoisotopic (exact) mass is 380 g/mol. The van der Waals surface area contributed by atoms with Crippen LogP contribution < -0.4 is 0 Å². The SMILES string of the molecule is Cc1cccc2c(CCC(=O)N3CCC([C@@H](O)c4nccn4C)CC3)c[nH]c12. The normalized spacial score (nSPS) is 16.6. The molecule has 28 heavy (non-hydrogen) atoms. The van der Waals surface area contributed by atoms with Crippen LogP contribution in [0.15, 0.2) is 36.8 Å². The van der Waals surface area contributed by atoms with Crippen LogP contribution in [0.4, 0.5) is 0 Å². The van der Waals surface area contributed by atoms with E-state index in [2.05, 4.69) is 35.1 Å². The molecule has 3 aromatic rings. The number of benzene rings is 1. The van der Waals surface area contributed by atoms with E-state index in [-0.39, 0.29) is 11.8 Å². The summed E-state index contributed by atoms with van der Waals surface area (Å²) in [6.07, 6.45) is 7.92. The Kier molecular flexibility index (Phi) is 5.22. The first-order chi connectivity index (χ1) is 13.5. The van der Waals surface area contributed by atoms with Crippen LogP contribution in [0.3, 0.4) is 0 Å². The van der Waals surface area contributed by atoms with Crippen molar-refractivity contribution in [2.75, 3.05) is 13.1 Å². The molecular weight excluding hydrogens is 352 g/mol. The van der Waals surface area contributed by atoms with E-state index in [1.54, 1.807) is 6.20 Å². The van der Waals surface area contributed by atoms with Gasteiger partial charge in [0.1, 0.15) is 11.9 Å². The number of likely N-dealkylation sites (tertiary alicyclic amines) is 1. The molecule has 1 fully saturated rings. The average Bonchev–Trinajstić information content (AvgIpc) is 3.32. The van der Waals surface area contributed by atoms with Crippen LogP contribution in [0.5, 0.6) is 0 Å². The predicted molar refractivity (Wildman–Crippen MR) is 109 cm³/mol. The van der Waals surface area contributed by atoms with Crippen LogP contribution in [-0.4, -0.2) is 43.5 Å². The van der Waals surface area contributed by atoms with Gasteiger partial charge in [-0.25, -0.2) is 4.98 Å². The molecule has 1 aliphatic heterocycles. The van der Waals surface area contributed by atoms with Crippen LogP contribution in [0.1, 0.15) is 42.3 Å². The van der Waals surface area contributed by atoms with Gasteiger partial charge in [0.15, 0.2) is 0 Å². The Hall–Kier alpha value is -2.60. The Morgan fingerprint density at radius 2 is 2.14 bits per heavy atom. The average molecular weight is 380 g/mol. The number of hydrogen-bond donors (Lipinski definition) is 2. The zero-order valence-corrected chi connectivity index (χ0v) is 16.6. The summed E-state index contributed by atoms with van der Waals surface area (Å²) in [7, 11) is 1.90. The highest BCUT2D eigenvalue weighted by Gasteiger charge is 2.29. The molecule has 2 aromatic heterocycles. The fraction of sp³-hybridized carbons (Fsp3) is 0.455. The van der Waals surface area contributed by atoms with Gasteiger partial charge in [0.25, 0.3) is 0 Å². The lowest BCUT2D eigenvalue weighted by Crippen LogP contribution is -2.40. The van der Waals surface area contributed by atoms with Gasteiger partial charge in [0.05, 0.1) is 0 Å². The Morgan fingerprint density at radius 1 is 1.36 bits per heavy atom. The standard InChI is InChI=1S/C22H28N4O2/c1-15-4-3-5-18-17(14-24-20(15)18)6-7-19(27)26-11-8-16(9-12-26)21(28)22-23-10-13-25(22)2/h3-5,10,13-14,16,21,24,28H,6-9,11-12H2,1-2H3/t21-/m1/s1. The maximum absolute atomic E-state index is 12.7. The van der Waals surface area contributed by atoms with Crippen molar-refractivity contribution in [2.45, 2.75) is 38.7 Å². The summed E-state index contributed by atoms with van der Waals surface area (Å²) in [5.41, 5.74) is 3.59. The second-order valence-corrected chi connectivity index (χ2v) is 7.87. The summed E-state index contributed by atoms with van der Waals surface area (Å²) in [6, 6.07) is 6.27. The van der Waals surface area contributed by atoms with Gasteiger partial charge in [-0.1, -0.05) is 18.2 Å². The highest BCUT2D eigenvalue weighted by Crippen LogP contribution is 2.30. The summed E-state index contributed by atoms with van der Waals surface area (Å²) in [5.74, 6) is 1.06. The molecular formula is C22H28N4O2. The number of nitrogens with zero attached hydrogens (tertiary/aromatic N) is 3. The molecule has 0 radical (unpaired) electrons. The molecule has 1 aromatic carbocycles. The van der Waals surface area contributed by atoms with Gasteiger partial charge in [-0.3, -0.25) is 4.79 Å². The molecule has 1 saturated heterocycles. The van der Waals surface area contributed by atoms with E-state index in [4.69, 9.17) is 0 Å². The van der Waals surface area contributed by atoms with Gasteiger partial charge in [-0.2, -0.15) is 0 Å². The minimum absolute atomic E-state index is 0.154. The van der Waals surface area contributed by atoms with Crippen molar-refractivity contribution in [1.82, 2.24) is 19.4 Å². The third kappa shape index (κ3) is 3.56. The smallest absolute Gasteiger partial charge is 0.222 e. The molecule has 6 nitrogen and oxygen atoms in total. The largest absolute Gasteiger partial charge is 0.385 e. The van der Waals surface area contributed by atoms with Crippen LogP contribution in [-0.2, 0) is 18.3 Å². The molecule has 0 bridgehead atoms. The number of para-hydroxylation sites is 1. The number of fused-ring (bicyclic) bond motifs is 1. The summed E-state index contributed by atoms with van der Waals surface area (Å²) >= 11 is 0. The Labute approximate surface area is 165 Å². The first-order valence-corrected chi connectivity index (χ1v) is 10.0. The minimum Gasteiger partial charge on any atom is -0.385 e. The first-order valence-electron chi connectivity index (χ1n) is 10.0. The fourth-order valence-electron chi connectivity index (χ4n) is 4.31. The van der Waals surface area contributed by atoms with Gasteiger partial charge in [-0.15, -0.1) is 0 Å². The second-order valence-electron chi connectivity index (χ2n) is 7.87. The third-order valence-corrected chi connectivity index (χ3v) is 6.08. The zero-order chi connectivity index (χ0) is 19.7. The number of carbonyl (C=O) groups excluding carboxylic acids is 1. The summed E-state index contributed by atoms with van der Waals surface area (Å²) in [5, 5.41) is 11.8. The molecule has 0 saturated carbocycles. The fourth-order valence-corrected chi connectivity index (χ4v) is 4.31. The first kappa shape index (κ1) is 18.7.